The zero-order chi connectivity index (χ0) is 22.0. The Hall–Kier alpha value is -3.06. The number of halogens is 1. The number of furan rings is 1. The number of benzene rings is 1. The molecule has 1 amide bonds. The summed E-state index contributed by atoms with van der Waals surface area (Å²) in [6, 6.07) is 12.6. The van der Waals surface area contributed by atoms with Crippen LogP contribution in [0.2, 0.25) is 5.02 Å². The number of aryl methyl sites for hydroxylation is 1. The smallest absolute Gasteiger partial charge is 0.309 e. The molecule has 0 radical (unpaired) electrons. The number of carbonyl (C=O) groups excluding carboxylic acids is 2. The quantitative estimate of drug-likeness (QED) is 0.544. The number of rotatable bonds is 5. The third kappa shape index (κ3) is 4.51. The predicted molar refractivity (Wildman–Crippen MR) is 116 cm³/mol. The highest BCUT2D eigenvalue weighted by molar-refractivity contribution is 6.30. The Bertz CT molecular complexity index is 1100. The van der Waals surface area contributed by atoms with Crippen molar-refractivity contribution < 1.29 is 18.7 Å². The van der Waals surface area contributed by atoms with Crippen molar-refractivity contribution in [3.63, 3.8) is 0 Å². The highest BCUT2D eigenvalue weighted by atomic mass is 35.5. The third-order valence-electron chi connectivity index (χ3n) is 5.38. The molecule has 1 saturated heterocycles. The van der Waals surface area contributed by atoms with Gasteiger partial charge >= 0.3 is 5.97 Å². The van der Waals surface area contributed by atoms with E-state index in [2.05, 4.69) is 5.10 Å². The molecule has 1 aliphatic rings. The van der Waals surface area contributed by atoms with Gasteiger partial charge in [0, 0.05) is 24.2 Å². The summed E-state index contributed by atoms with van der Waals surface area (Å²) < 4.78 is 12.4. The van der Waals surface area contributed by atoms with Gasteiger partial charge in [-0.3, -0.25) is 9.59 Å². The van der Waals surface area contributed by atoms with Gasteiger partial charge in [-0.25, -0.2) is 4.68 Å². The van der Waals surface area contributed by atoms with E-state index in [4.69, 9.17) is 20.8 Å². The molecule has 0 atom stereocenters. The second kappa shape index (κ2) is 8.98. The van der Waals surface area contributed by atoms with Crippen molar-refractivity contribution in [1.82, 2.24) is 14.7 Å². The third-order valence-corrected chi connectivity index (χ3v) is 5.61. The van der Waals surface area contributed by atoms with E-state index in [0.29, 0.717) is 60.4 Å². The van der Waals surface area contributed by atoms with Gasteiger partial charge in [-0.05, 0) is 57.0 Å². The number of hydrogen-bond acceptors (Lipinski definition) is 5. The number of carbonyl (C=O) groups is 2. The standard InChI is InChI=1S/C23H24ClN3O4/c1-3-30-23(29)16-9-11-26(12-10-16)22(28)20-14-19(21-8-7-15(2)31-21)25-27(20)18-6-4-5-17(24)13-18/h4-8,13-14,16H,3,9-12H2,1-2H3. The lowest BCUT2D eigenvalue weighted by Gasteiger charge is -2.30. The summed E-state index contributed by atoms with van der Waals surface area (Å²) in [5.74, 6) is 0.858. The minimum absolute atomic E-state index is 0.149. The fraction of sp³-hybridized carbons (Fsp3) is 0.348. The molecule has 0 spiro atoms. The van der Waals surface area contributed by atoms with Crippen molar-refractivity contribution in [3.05, 3.63) is 58.9 Å². The van der Waals surface area contributed by atoms with Crippen molar-refractivity contribution in [3.8, 4) is 17.1 Å². The molecule has 31 heavy (non-hydrogen) atoms. The van der Waals surface area contributed by atoms with Crippen LogP contribution in [0.5, 0.6) is 0 Å². The molecule has 7 nitrogen and oxygen atoms in total. The van der Waals surface area contributed by atoms with E-state index < -0.39 is 0 Å². The fourth-order valence-corrected chi connectivity index (χ4v) is 3.96. The summed E-state index contributed by atoms with van der Waals surface area (Å²) in [7, 11) is 0. The first kappa shape index (κ1) is 21.2. The Morgan fingerprint density at radius 1 is 1.19 bits per heavy atom. The number of esters is 1. The molecule has 1 fully saturated rings. The molecule has 0 unspecified atom stereocenters. The van der Waals surface area contributed by atoms with Crippen molar-refractivity contribution in [2.24, 2.45) is 5.92 Å². The van der Waals surface area contributed by atoms with Crippen LogP contribution >= 0.6 is 11.6 Å². The molecule has 0 aliphatic carbocycles. The van der Waals surface area contributed by atoms with Gasteiger partial charge in [0.1, 0.15) is 17.1 Å². The highest BCUT2D eigenvalue weighted by Gasteiger charge is 2.30. The Labute approximate surface area is 185 Å². The molecular weight excluding hydrogens is 418 g/mol. The van der Waals surface area contributed by atoms with Crippen molar-refractivity contribution >= 4 is 23.5 Å². The van der Waals surface area contributed by atoms with E-state index in [1.807, 2.05) is 31.2 Å². The first-order chi connectivity index (χ1) is 15.0. The van der Waals surface area contributed by atoms with E-state index >= 15 is 0 Å². The van der Waals surface area contributed by atoms with E-state index in [9.17, 15) is 9.59 Å². The lowest BCUT2D eigenvalue weighted by molar-refractivity contribution is -0.149. The monoisotopic (exact) mass is 441 g/mol. The lowest BCUT2D eigenvalue weighted by Crippen LogP contribution is -2.41. The summed E-state index contributed by atoms with van der Waals surface area (Å²) in [5, 5.41) is 5.18. The average Bonchev–Trinajstić information content (AvgIpc) is 3.40. The van der Waals surface area contributed by atoms with Gasteiger partial charge in [-0.2, -0.15) is 5.10 Å². The summed E-state index contributed by atoms with van der Waals surface area (Å²) in [5.41, 5.74) is 1.67. The minimum atomic E-state index is -0.186. The van der Waals surface area contributed by atoms with Gasteiger partial charge in [-0.15, -0.1) is 0 Å². The molecule has 8 heteroatoms. The first-order valence-corrected chi connectivity index (χ1v) is 10.7. The second-order valence-electron chi connectivity index (χ2n) is 7.54. The zero-order valence-corrected chi connectivity index (χ0v) is 18.3. The van der Waals surface area contributed by atoms with Crippen molar-refractivity contribution in [2.45, 2.75) is 26.7 Å². The Morgan fingerprint density at radius 2 is 1.97 bits per heavy atom. The van der Waals surface area contributed by atoms with Crippen LogP contribution < -0.4 is 0 Å². The number of piperidine rings is 1. The fourth-order valence-electron chi connectivity index (χ4n) is 3.77. The molecular formula is C23H24ClN3O4. The maximum Gasteiger partial charge on any atom is 0.309 e. The summed E-state index contributed by atoms with van der Waals surface area (Å²) >= 11 is 6.18. The van der Waals surface area contributed by atoms with E-state index in [1.165, 1.54) is 0 Å². The second-order valence-corrected chi connectivity index (χ2v) is 7.97. The molecule has 3 aromatic rings. The van der Waals surface area contributed by atoms with Crippen LogP contribution in [0.4, 0.5) is 0 Å². The van der Waals surface area contributed by atoms with Crippen LogP contribution in [-0.2, 0) is 9.53 Å². The van der Waals surface area contributed by atoms with Crippen LogP contribution in [0.15, 0.2) is 46.9 Å². The van der Waals surface area contributed by atoms with Crippen LogP contribution in [-0.4, -0.2) is 46.3 Å². The maximum atomic E-state index is 13.4. The van der Waals surface area contributed by atoms with Crippen LogP contribution in [0.3, 0.4) is 0 Å². The van der Waals surface area contributed by atoms with E-state index in [-0.39, 0.29) is 17.8 Å². The highest BCUT2D eigenvalue weighted by Crippen LogP contribution is 2.27. The zero-order valence-electron chi connectivity index (χ0n) is 17.5. The topological polar surface area (TPSA) is 77.6 Å². The number of aromatic nitrogens is 2. The number of likely N-dealkylation sites (tertiary alicyclic amines) is 1. The summed E-state index contributed by atoms with van der Waals surface area (Å²) in [6.07, 6.45) is 1.17. The maximum absolute atomic E-state index is 13.4. The molecule has 2 aromatic heterocycles. The van der Waals surface area contributed by atoms with E-state index in [0.717, 1.165) is 5.76 Å². The van der Waals surface area contributed by atoms with Crippen LogP contribution in [0, 0.1) is 12.8 Å². The largest absolute Gasteiger partial charge is 0.466 e. The Morgan fingerprint density at radius 3 is 2.61 bits per heavy atom. The van der Waals surface area contributed by atoms with Gasteiger partial charge in [0.2, 0.25) is 0 Å². The molecule has 1 aromatic carbocycles. The van der Waals surface area contributed by atoms with E-state index in [1.54, 1.807) is 34.7 Å². The van der Waals surface area contributed by atoms with Gasteiger partial charge < -0.3 is 14.1 Å². The number of nitrogens with zero attached hydrogens (tertiary/aromatic N) is 3. The average molecular weight is 442 g/mol. The molecule has 0 N–H and O–H groups in total. The Balaban J connectivity index is 1.63. The summed E-state index contributed by atoms with van der Waals surface area (Å²) in [6.45, 7) is 4.99. The number of ether oxygens (including phenoxy) is 1. The van der Waals surface area contributed by atoms with Gasteiger partial charge in [-0.1, -0.05) is 17.7 Å². The molecule has 0 saturated carbocycles. The van der Waals surface area contributed by atoms with Gasteiger partial charge in [0.05, 0.1) is 18.2 Å². The molecule has 1 aliphatic heterocycles. The van der Waals surface area contributed by atoms with Crippen molar-refractivity contribution in [1.29, 1.82) is 0 Å². The normalized spacial score (nSPS) is 14.6. The minimum Gasteiger partial charge on any atom is -0.466 e. The van der Waals surface area contributed by atoms with Crippen molar-refractivity contribution in [2.75, 3.05) is 19.7 Å². The lowest BCUT2D eigenvalue weighted by atomic mass is 9.97. The first-order valence-electron chi connectivity index (χ1n) is 10.3. The number of amides is 1. The molecule has 3 heterocycles. The van der Waals surface area contributed by atoms with Gasteiger partial charge in [0.25, 0.3) is 5.91 Å². The number of hydrogen-bond donors (Lipinski definition) is 0. The predicted octanol–water partition coefficient (Wildman–Crippen LogP) is 4.51. The van der Waals surface area contributed by atoms with Gasteiger partial charge in [0.15, 0.2) is 5.76 Å². The Kier molecular flexibility index (Phi) is 6.13. The molecule has 4 rings (SSSR count). The van der Waals surface area contributed by atoms with Crippen LogP contribution in [0.25, 0.3) is 17.1 Å². The van der Waals surface area contributed by atoms with Crippen LogP contribution in [0.1, 0.15) is 36.0 Å². The molecule has 0 bridgehead atoms. The summed E-state index contributed by atoms with van der Waals surface area (Å²) in [4.78, 5) is 27.2. The SMILES string of the molecule is CCOC(=O)C1CCN(C(=O)c2cc(-c3ccc(C)o3)nn2-c2cccc(Cl)c2)CC1. The molecule has 162 valence electrons.